The van der Waals surface area contributed by atoms with Crippen LogP contribution in [0.4, 0.5) is 0 Å². The Kier molecular flexibility index (Phi) is 10.7. The minimum absolute atomic E-state index is 0.0773. The number of aromatic nitrogens is 1. The molecule has 0 bridgehead atoms. The van der Waals surface area contributed by atoms with Crippen LogP contribution in [0.5, 0.6) is 0 Å². The number of amides is 2. The molecule has 2 aromatic carbocycles. The van der Waals surface area contributed by atoms with E-state index < -0.39 is 40.5 Å². The van der Waals surface area contributed by atoms with Crippen molar-refractivity contribution in [2.75, 3.05) is 6.61 Å². The van der Waals surface area contributed by atoms with Gasteiger partial charge in [-0.3, -0.25) is 20.0 Å². The molecule has 0 saturated heterocycles. The smallest absolute Gasteiger partial charge is 0.245 e. The first-order chi connectivity index (χ1) is 18.7. The Morgan fingerprint density at radius 2 is 1.56 bits per heavy atom. The van der Waals surface area contributed by atoms with Crippen molar-refractivity contribution >= 4 is 27.7 Å². The fourth-order valence-corrected chi connectivity index (χ4v) is 5.11. The average molecular weight is 553 g/mol. The van der Waals surface area contributed by atoms with Crippen LogP contribution in [-0.2, 0) is 38.3 Å². The summed E-state index contributed by atoms with van der Waals surface area (Å²) < 4.78 is 28.2. The van der Waals surface area contributed by atoms with Crippen molar-refractivity contribution in [3.8, 4) is 0 Å². The van der Waals surface area contributed by atoms with Crippen molar-refractivity contribution in [2.45, 2.75) is 37.2 Å². The number of nitrogen functional groups attached to an aromatic ring is 1. The number of sulfonamides is 1. The summed E-state index contributed by atoms with van der Waals surface area (Å²) in [5.41, 5.74) is 8.12. The fourth-order valence-electron chi connectivity index (χ4n) is 3.74. The molecular weight excluding hydrogens is 520 g/mol. The van der Waals surface area contributed by atoms with E-state index in [4.69, 9.17) is 11.1 Å². The van der Waals surface area contributed by atoms with Crippen LogP contribution in [0.2, 0.25) is 0 Å². The van der Waals surface area contributed by atoms with E-state index in [0.29, 0.717) is 17.5 Å². The molecule has 0 aliphatic rings. The standard InChI is InChI=1S/C27H32N6O5S/c28-25(29)22-9-6-20(7-10-22)16-31-26(35)24(17-34)32-27(36)23(11-8-19-12-14-30-15-13-19)33-39(37,38)18-21-4-2-1-3-5-21/h1-7,9-10,12-15,23-24,33-34H,8,11,16-18H2,(H3,28,29)(H,31,35)(H,32,36)/t23-,24-/m0/s1. The number of hydrogen-bond donors (Lipinski definition) is 6. The number of nitrogens with zero attached hydrogens (tertiary/aromatic N) is 1. The Morgan fingerprint density at radius 1 is 0.897 bits per heavy atom. The van der Waals surface area contributed by atoms with Gasteiger partial charge in [0.05, 0.1) is 12.4 Å². The summed E-state index contributed by atoms with van der Waals surface area (Å²) in [5.74, 6) is -1.77. The number of nitrogens with two attached hydrogens (primary N) is 1. The highest BCUT2D eigenvalue weighted by molar-refractivity contribution is 7.88. The van der Waals surface area contributed by atoms with E-state index >= 15 is 0 Å². The molecule has 1 aromatic heterocycles. The van der Waals surface area contributed by atoms with Gasteiger partial charge in [0.2, 0.25) is 21.8 Å². The minimum atomic E-state index is -3.91. The van der Waals surface area contributed by atoms with Gasteiger partial charge in [0.25, 0.3) is 0 Å². The fraction of sp³-hybridized carbons (Fsp3) is 0.259. The summed E-state index contributed by atoms with van der Waals surface area (Å²) in [5, 5.41) is 22.3. The molecule has 1 heterocycles. The van der Waals surface area contributed by atoms with Gasteiger partial charge in [0, 0.05) is 24.5 Å². The number of pyridine rings is 1. The number of nitrogens with one attached hydrogen (secondary N) is 4. The van der Waals surface area contributed by atoms with E-state index in [9.17, 15) is 23.1 Å². The maximum absolute atomic E-state index is 13.2. The van der Waals surface area contributed by atoms with Gasteiger partial charge in [-0.25, -0.2) is 13.1 Å². The van der Waals surface area contributed by atoms with E-state index in [0.717, 1.165) is 11.1 Å². The summed E-state index contributed by atoms with van der Waals surface area (Å²) in [6.07, 6.45) is 3.69. The first kappa shape index (κ1) is 29.4. The molecule has 2 atom stereocenters. The highest BCUT2D eigenvalue weighted by Crippen LogP contribution is 2.10. The van der Waals surface area contributed by atoms with E-state index in [1.807, 2.05) is 0 Å². The minimum Gasteiger partial charge on any atom is -0.394 e. The highest BCUT2D eigenvalue weighted by Gasteiger charge is 2.28. The zero-order chi connectivity index (χ0) is 28.3. The number of hydrogen-bond acceptors (Lipinski definition) is 7. The molecule has 11 nitrogen and oxygen atoms in total. The van der Waals surface area contributed by atoms with E-state index in [1.165, 1.54) is 0 Å². The lowest BCUT2D eigenvalue weighted by Crippen LogP contribution is -2.55. The number of rotatable bonds is 14. The summed E-state index contributed by atoms with van der Waals surface area (Å²) >= 11 is 0. The molecule has 0 aliphatic heterocycles. The summed E-state index contributed by atoms with van der Waals surface area (Å²) in [6.45, 7) is -0.576. The second kappa shape index (κ2) is 14.1. The third kappa shape index (κ3) is 9.60. The van der Waals surface area contributed by atoms with Crippen molar-refractivity contribution in [2.24, 2.45) is 5.73 Å². The first-order valence-electron chi connectivity index (χ1n) is 12.2. The van der Waals surface area contributed by atoms with Crippen LogP contribution in [0.15, 0.2) is 79.1 Å². The number of carbonyl (C=O) groups is 2. The van der Waals surface area contributed by atoms with Gasteiger partial charge >= 0.3 is 0 Å². The number of carbonyl (C=O) groups excluding carboxylic acids is 2. The van der Waals surface area contributed by atoms with Crippen LogP contribution in [-0.4, -0.2) is 54.8 Å². The molecule has 3 aromatic rings. The van der Waals surface area contributed by atoms with Crippen LogP contribution >= 0.6 is 0 Å². The lowest BCUT2D eigenvalue weighted by atomic mass is 10.1. The SMILES string of the molecule is N=C(N)c1ccc(CNC(=O)[C@H](CO)NC(=O)[C@H](CCc2ccncc2)NS(=O)(=O)Cc2ccccc2)cc1. The van der Waals surface area contributed by atoms with Crippen molar-refractivity contribution in [1.82, 2.24) is 20.3 Å². The van der Waals surface area contributed by atoms with E-state index in [2.05, 4.69) is 20.3 Å². The Hall–Kier alpha value is -4.13. The highest BCUT2D eigenvalue weighted by atomic mass is 32.2. The average Bonchev–Trinajstić information content (AvgIpc) is 2.93. The van der Waals surface area contributed by atoms with Crippen molar-refractivity contribution in [3.05, 3.63) is 101 Å². The second-order valence-corrected chi connectivity index (χ2v) is 10.6. The molecule has 0 radical (unpaired) electrons. The second-order valence-electron chi connectivity index (χ2n) is 8.88. The Bertz CT molecular complexity index is 1350. The number of aliphatic hydroxyl groups excluding tert-OH is 1. The molecule has 0 fully saturated rings. The van der Waals surface area contributed by atoms with Crippen LogP contribution in [0.1, 0.15) is 28.7 Å². The zero-order valence-corrected chi connectivity index (χ0v) is 22.0. The van der Waals surface area contributed by atoms with Crippen LogP contribution in [0.25, 0.3) is 0 Å². The van der Waals surface area contributed by atoms with Crippen molar-refractivity contribution in [1.29, 1.82) is 5.41 Å². The predicted octanol–water partition coefficient (Wildman–Crippen LogP) is 0.580. The normalized spacial score (nSPS) is 12.7. The number of benzene rings is 2. The van der Waals surface area contributed by atoms with Gasteiger partial charge in [0.15, 0.2) is 0 Å². The largest absolute Gasteiger partial charge is 0.394 e. The Balaban J connectivity index is 1.66. The topological polar surface area (TPSA) is 187 Å². The van der Waals surface area contributed by atoms with E-state index in [1.54, 1.807) is 79.1 Å². The van der Waals surface area contributed by atoms with Gasteiger partial charge in [-0.2, -0.15) is 0 Å². The van der Waals surface area contributed by atoms with Gasteiger partial charge in [-0.05, 0) is 41.7 Å². The number of amidine groups is 1. The summed E-state index contributed by atoms with van der Waals surface area (Å²) in [6, 6.07) is 16.3. The molecular formula is C27H32N6O5S. The molecule has 206 valence electrons. The third-order valence-electron chi connectivity index (χ3n) is 5.86. The maximum atomic E-state index is 13.2. The van der Waals surface area contributed by atoms with Crippen LogP contribution in [0, 0.1) is 5.41 Å². The van der Waals surface area contributed by atoms with Crippen LogP contribution < -0.4 is 21.1 Å². The van der Waals surface area contributed by atoms with Gasteiger partial charge in [0.1, 0.15) is 17.9 Å². The third-order valence-corrected chi connectivity index (χ3v) is 7.21. The van der Waals surface area contributed by atoms with Gasteiger partial charge in [-0.15, -0.1) is 0 Å². The maximum Gasteiger partial charge on any atom is 0.245 e. The molecule has 12 heteroatoms. The summed E-state index contributed by atoms with van der Waals surface area (Å²) in [4.78, 5) is 29.8. The zero-order valence-electron chi connectivity index (χ0n) is 21.2. The van der Waals surface area contributed by atoms with Gasteiger partial charge in [-0.1, -0.05) is 54.6 Å². The first-order valence-corrected chi connectivity index (χ1v) is 13.9. The molecule has 0 aliphatic carbocycles. The molecule has 0 spiro atoms. The van der Waals surface area contributed by atoms with Crippen molar-refractivity contribution < 1.29 is 23.1 Å². The molecule has 2 amide bonds. The molecule has 3 rings (SSSR count). The monoisotopic (exact) mass is 552 g/mol. The molecule has 39 heavy (non-hydrogen) atoms. The van der Waals surface area contributed by atoms with Crippen molar-refractivity contribution in [3.63, 3.8) is 0 Å². The molecule has 7 N–H and O–H groups in total. The summed E-state index contributed by atoms with van der Waals surface area (Å²) in [7, 11) is -3.91. The predicted molar refractivity (Wildman–Crippen MR) is 147 cm³/mol. The Labute approximate surface area is 227 Å². The van der Waals surface area contributed by atoms with E-state index in [-0.39, 0.29) is 24.6 Å². The quantitative estimate of drug-likeness (QED) is 0.125. The lowest BCUT2D eigenvalue weighted by Gasteiger charge is -2.22. The number of aliphatic hydroxyl groups is 1. The van der Waals surface area contributed by atoms with Gasteiger partial charge < -0.3 is 21.5 Å². The lowest BCUT2D eigenvalue weighted by molar-refractivity contribution is -0.130. The Morgan fingerprint density at radius 3 is 2.18 bits per heavy atom. The molecule has 0 saturated carbocycles. The molecule has 0 unspecified atom stereocenters. The number of aryl methyl sites for hydroxylation is 1. The van der Waals surface area contributed by atoms with Crippen LogP contribution in [0.3, 0.4) is 0 Å².